The van der Waals surface area contributed by atoms with Crippen LogP contribution in [-0.4, -0.2) is 29.4 Å². The molecule has 0 saturated carbocycles. The standard InChI is InChI=1S/C25H19F3N2O5S/c1-15(23(31)29-13-12-16-6-2-4-8-19(16)29)35-24(32)18-7-3-5-9-21(18)36-22-11-10-17(25(26,27)28)14-20(22)30(33)34/h2-11,14-15H,12-13H2,1H3. The summed E-state index contributed by atoms with van der Waals surface area (Å²) in [6.45, 7) is 1.92. The number of ether oxygens (including phenoxy) is 1. The van der Waals surface area contributed by atoms with Crippen LogP contribution in [0.1, 0.15) is 28.4 Å². The molecule has 3 aromatic carbocycles. The number of alkyl halides is 3. The van der Waals surface area contributed by atoms with E-state index in [0.717, 1.165) is 35.1 Å². The lowest BCUT2D eigenvalue weighted by molar-refractivity contribution is -0.388. The SMILES string of the molecule is CC(OC(=O)c1ccccc1Sc1ccc(C(F)(F)F)cc1[N+](=O)[O-])C(=O)N1CCc2ccccc21. The van der Waals surface area contributed by atoms with E-state index in [2.05, 4.69) is 0 Å². The normalized spacial score (nSPS) is 13.7. The average Bonchev–Trinajstić information content (AvgIpc) is 3.27. The van der Waals surface area contributed by atoms with Crippen LogP contribution in [0.4, 0.5) is 24.5 Å². The van der Waals surface area contributed by atoms with Crippen LogP contribution in [0.15, 0.2) is 76.5 Å². The fourth-order valence-corrected chi connectivity index (χ4v) is 4.85. The van der Waals surface area contributed by atoms with E-state index in [1.165, 1.54) is 19.1 Å². The molecule has 1 heterocycles. The van der Waals surface area contributed by atoms with Gasteiger partial charge in [-0.05, 0) is 49.2 Å². The highest BCUT2D eigenvalue weighted by molar-refractivity contribution is 7.99. The number of esters is 1. The van der Waals surface area contributed by atoms with Crippen molar-refractivity contribution in [2.24, 2.45) is 0 Å². The molecule has 1 atom stereocenters. The number of amides is 1. The van der Waals surface area contributed by atoms with Crippen LogP contribution in [0.2, 0.25) is 0 Å². The number of fused-ring (bicyclic) bond motifs is 1. The minimum atomic E-state index is -4.74. The number of carbonyl (C=O) groups excluding carboxylic acids is 2. The molecule has 1 amide bonds. The van der Waals surface area contributed by atoms with Crippen molar-refractivity contribution >= 4 is 35.0 Å². The van der Waals surface area contributed by atoms with E-state index >= 15 is 0 Å². The second kappa shape index (κ2) is 10.0. The molecule has 0 aromatic heterocycles. The summed E-state index contributed by atoms with van der Waals surface area (Å²) in [5, 5.41) is 11.4. The first-order valence-corrected chi connectivity index (χ1v) is 11.6. The van der Waals surface area contributed by atoms with Gasteiger partial charge < -0.3 is 9.64 Å². The zero-order valence-corrected chi connectivity index (χ0v) is 19.6. The number of rotatable bonds is 6. The first-order chi connectivity index (χ1) is 17.1. The Bertz CT molecular complexity index is 1350. The summed E-state index contributed by atoms with van der Waals surface area (Å²) in [6, 6.07) is 15.7. The molecular weight excluding hydrogens is 497 g/mol. The van der Waals surface area contributed by atoms with Crippen molar-refractivity contribution in [2.75, 3.05) is 11.4 Å². The molecule has 0 fully saturated rings. The third-order valence-electron chi connectivity index (χ3n) is 5.59. The van der Waals surface area contributed by atoms with Gasteiger partial charge in [0, 0.05) is 23.2 Å². The van der Waals surface area contributed by atoms with Crippen molar-refractivity contribution in [1.29, 1.82) is 0 Å². The Morgan fingerprint density at radius 2 is 1.75 bits per heavy atom. The van der Waals surface area contributed by atoms with Gasteiger partial charge in [0.05, 0.1) is 20.9 Å². The summed E-state index contributed by atoms with van der Waals surface area (Å²) in [5.41, 5.74) is -0.0882. The van der Waals surface area contributed by atoms with Gasteiger partial charge in [-0.3, -0.25) is 14.9 Å². The minimum Gasteiger partial charge on any atom is -0.449 e. The fraction of sp³-hybridized carbons (Fsp3) is 0.200. The molecule has 1 unspecified atom stereocenters. The second-order valence-corrected chi connectivity index (χ2v) is 9.04. The summed E-state index contributed by atoms with van der Waals surface area (Å²) in [6.07, 6.45) is -5.16. The molecule has 36 heavy (non-hydrogen) atoms. The van der Waals surface area contributed by atoms with Gasteiger partial charge in [0.2, 0.25) is 0 Å². The molecule has 0 saturated heterocycles. The molecule has 1 aliphatic rings. The van der Waals surface area contributed by atoms with Crippen molar-refractivity contribution < 1.29 is 32.4 Å². The van der Waals surface area contributed by atoms with Crippen LogP contribution in [0.25, 0.3) is 0 Å². The Morgan fingerprint density at radius 1 is 1.06 bits per heavy atom. The first kappa shape index (κ1) is 25.2. The molecule has 4 rings (SSSR count). The predicted molar refractivity (Wildman–Crippen MR) is 126 cm³/mol. The van der Waals surface area contributed by atoms with Crippen molar-refractivity contribution in [1.82, 2.24) is 0 Å². The molecule has 0 radical (unpaired) electrons. The summed E-state index contributed by atoms with van der Waals surface area (Å²) in [5.74, 6) is -1.22. The van der Waals surface area contributed by atoms with Crippen molar-refractivity contribution in [3.63, 3.8) is 0 Å². The van der Waals surface area contributed by atoms with Gasteiger partial charge in [-0.1, -0.05) is 42.1 Å². The Kier molecular flexibility index (Phi) is 7.02. The highest BCUT2D eigenvalue weighted by Crippen LogP contribution is 2.40. The molecule has 0 bridgehead atoms. The molecular formula is C25H19F3N2O5S. The van der Waals surface area contributed by atoms with E-state index in [9.17, 15) is 32.9 Å². The zero-order valence-electron chi connectivity index (χ0n) is 18.8. The maximum Gasteiger partial charge on any atom is 0.416 e. The van der Waals surface area contributed by atoms with Gasteiger partial charge in [0.15, 0.2) is 6.10 Å². The number of hydrogen-bond donors (Lipinski definition) is 0. The largest absolute Gasteiger partial charge is 0.449 e. The number of anilines is 1. The monoisotopic (exact) mass is 516 g/mol. The molecule has 11 heteroatoms. The number of nitrogens with zero attached hydrogens (tertiary/aromatic N) is 2. The second-order valence-electron chi connectivity index (χ2n) is 7.95. The van der Waals surface area contributed by atoms with Crippen molar-refractivity contribution in [3.8, 4) is 0 Å². The van der Waals surface area contributed by atoms with Gasteiger partial charge in [-0.25, -0.2) is 4.79 Å². The maximum atomic E-state index is 13.0. The topological polar surface area (TPSA) is 89.7 Å². The van der Waals surface area contributed by atoms with Crippen LogP contribution >= 0.6 is 11.8 Å². The van der Waals surface area contributed by atoms with E-state index in [-0.39, 0.29) is 15.4 Å². The highest BCUT2D eigenvalue weighted by Gasteiger charge is 2.34. The zero-order chi connectivity index (χ0) is 26.0. The lowest BCUT2D eigenvalue weighted by Crippen LogP contribution is -2.39. The fourth-order valence-electron chi connectivity index (χ4n) is 3.83. The van der Waals surface area contributed by atoms with Crippen LogP contribution in [0.3, 0.4) is 0 Å². The van der Waals surface area contributed by atoms with Gasteiger partial charge in [0.1, 0.15) is 0 Å². The van der Waals surface area contributed by atoms with E-state index in [1.54, 1.807) is 17.0 Å². The molecule has 1 aliphatic heterocycles. The van der Waals surface area contributed by atoms with Gasteiger partial charge >= 0.3 is 12.1 Å². The number of nitro benzene ring substituents is 1. The Balaban J connectivity index is 1.54. The van der Waals surface area contributed by atoms with Gasteiger partial charge in [0.25, 0.3) is 11.6 Å². The average molecular weight is 516 g/mol. The maximum absolute atomic E-state index is 13.0. The summed E-state index contributed by atoms with van der Waals surface area (Å²) < 4.78 is 44.5. The van der Waals surface area contributed by atoms with Crippen LogP contribution < -0.4 is 4.90 Å². The molecule has 0 N–H and O–H groups in total. The lowest BCUT2D eigenvalue weighted by Gasteiger charge is -2.22. The third-order valence-corrected chi connectivity index (χ3v) is 6.74. The third kappa shape index (κ3) is 5.20. The number of benzene rings is 3. The van der Waals surface area contributed by atoms with Crippen LogP contribution in [-0.2, 0) is 22.1 Å². The quantitative estimate of drug-likeness (QED) is 0.230. The number of para-hydroxylation sites is 1. The number of halogens is 3. The molecule has 7 nitrogen and oxygen atoms in total. The van der Waals surface area contributed by atoms with Gasteiger partial charge in [-0.2, -0.15) is 13.2 Å². The van der Waals surface area contributed by atoms with Gasteiger partial charge in [-0.15, -0.1) is 0 Å². The van der Waals surface area contributed by atoms with E-state index < -0.39 is 40.3 Å². The van der Waals surface area contributed by atoms with Crippen LogP contribution in [0, 0.1) is 10.1 Å². The predicted octanol–water partition coefficient (Wildman–Crippen LogP) is 5.90. The number of nitro groups is 1. The van der Waals surface area contributed by atoms with E-state index in [1.807, 2.05) is 24.3 Å². The minimum absolute atomic E-state index is 0.0261. The smallest absolute Gasteiger partial charge is 0.416 e. The molecule has 186 valence electrons. The first-order valence-electron chi connectivity index (χ1n) is 10.8. The van der Waals surface area contributed by atoms with E-state index in [4.69, 9.17) is 4.74 Å². The molecule has 3 aromatic rings. The molecule has 0 aliphatic carbocycles. The molecule has 0 spiro atoms. The number of hydrogen-bond acceptors (Lipinski definition) is 6. The Morgan fingerprint density at radius 3 is 2.47 bits per heavy atom. The summed E-state index contributed by atoms with van der Waals surface area (Å²) in [7, 11) is 0. The highest BCUT2D eigenvalue weighted by atomic mass is 32.2. The van der Waals surface area contributed by atoms with E-state index in [0.29, 0.717) is 19.0 Å². The van der Waals surface area contributed by atoms with Crippen molar-refractivity contribution in [3.05, 3.63) is 93.5 Å². The van der Waals surface area contributed by atoms with Crippen molar-refractivity contribution in [2.45, 2.75) is 35.4 Å². The van der Waals surface area contributed by atoms with Crippen LogP contribution in [0.5, 0.6) is 0 Å². The summed E-state index contributed by atoms with van der Waals surface area (Å²) in [4.78, 5) is 38.1. The number of carbonyl (C=O) groups is 2. The summed E-state index contributed by atoms with van der Waals surface area (Å²) >= 11 is 0.763. The Labute approximate surface area is 208 Å². The lowest BCUT2D eigenvalue weighted by atomic mass is 10.2. The Hall–Kier alpha value is -3.86.